The third kappa shape index (κ3) is 3.00. The molecule has 3 nitrogen and oxygen atoms in total. The minimum absolute atomic E-state index is 0.450. The van der Waals surface area contributed by atoms with E-state index in [0.717, 1.165) is 4.24 Å². The standard InChI is InChI=1S/C6H6BO3.Li/c8-7(9)10-6-4-2-1-3-5-6;/h2-5,8-9H;. The van der Waals surface area contributed by atoms with E-state index in [2.05, 4.69) is 4.65 Å². The number of benzene rings is 1. The zero-order chi connectivity index (χ0) is 8.27. The van der Waals surface area contributed by atoms with Crippen LogP contribution in [0.1, 0.15) is 0 Å². The maximum absolute atomic E-state index is 8.41. The Morgan fingerprint density at radius 1 is 1.18 bits per heavy atom. The van der Waals surface area contributed by atoms with Gasteiger partial charge in [0.15, 0.2) is 0 Å². The van der Waals surface area contributed by atoms with Crippen LogP contribution in [0.25, 0.3) is 0 Å². The molecule has 0 atom stereocenters. The number of hydrogen-bond donors (Lipinski definition) is 2. The van der Waals surface area contributed by atoms with Gasteiger partial charge in [-0.05, 0) is 0 Å². The van der Waals surface area contributed by atoms with E-state index in [4.69, 9.17) is 10.0 Å². The molecule has 1 rings (SSSR count). The van der Waals surface area contributed by atoms with Crippen molar-refractivity contribution in [2.24, 2.45) is 0 Å². The second-order valence-electron chi connectivity index (χ2n) is 2.26. The SMILES string of the molecule is [Li][c]1ccc(OB(O)O)cc1. The van der Waals surface area contributed by atoms with Crippen LogP contribution in [0, 0.1) is 0 Å². The third-order valence-corrected chi connectivity index (χ3v) is 1.26. The average Bonchev–Trinajstić information content (AvgIpc) is 1.93. The van der Waals surface area contributed by atoms with Crippen LogP contribution in [-0.2, 0) is 0 Å². The van der Waals surface area contributed by atoms with Gasteiger partial charge in [-0.15, -0.1) is 0 Å². The van der Waals surface area contributed by atoms with Gasteiger partial charge in [0.25, 0.3) is 0 Å². The molecular weight excluding hydrogens is 138 g/mol. The predicted molar refractivity (Wildman–Crippen MR) is 42.6 cm³/mol. The second-order valence-corrected chi connectivity index (χ2v) is 2.26. The molecule has 11 heavy (non-hydrogen) atoms. The van der Waals surface area contributed by atoms with Crippen molar-refractivity contribution in [3.63, 3.8) is 0 Å². The molecule has 0 aliphatic rings. The molecule has 0 radical (unpaired) electrons. The van der Waals surface area contributed by atoms with E-state index in [-0.39, 0.29) is 0 Å². The number of hydrogen-bond acceptors (Lipinski definition) is 3. The minimum atomic E-state index is -1.74. The molecule has 2 N–H and O–H groups in total. The van der Waals surface area contributed by atoms with Gasteiger partial charge in [0.1, 0.15) is 0 Å². The summed E-state index contributed by atoms with van der Waals surface area (Å²) in [5.74, 6) is 0.450. The van der Waals surface area contributed by atoms with E-state index >= 15 is 0 Å². The molecule has 0 bridgehead atoms. The van der Waals surface area contributed by atoms with Crippen LogP contribution >= 0.6 is 0 Å². The van der Waals surface area contributed by atoms with Crippen LogP contribution < -0.4 is 8.89 Å². The Labute approximate surface area is 74.4 Å². The number of rotatable bonds is 2. The zero-order valence-electron chi connectivity index (χ0n) is 6.19. The van der Waals surface area contributed by atoms with Crippen molar-refractivity contribution in [3.8, 4) is 5.75 Å². The summed E-state index contributed by atoms with van der Waals surface area (Å²) < 4.78 is 5.68. The normalized spacial score (nSPS) is 9.45. The van der Waals surface area contributed by atoms with Crippen molar-refractivity contribution in [2.75, 3.05) is 0 Å². The summed E-state index contributed by atoms with van der Waals surface area (Å²) in [7, 11) is -1.74. The van der Waals surface area contributed by atoms with E-state index in [1.54, 1.807) is 12.1 Å². The first-order valence-corrected chi connectivity index (χ1v) is 3.28. The van der Waals surface area contributed by atoms with Gasteiger partial charge in [0, 0.05) is 0 Å². The van der Waals surface area contributed by atoms with Gasteiger partial charge in [-0.1, -0.05) is 0 Å². The quantitative estimate of drug-likeness (QED) is 0.514. The van der Waals surface area contributed by atoms with E-state index in [9.17, 15) is 0 Å². The van der Waals surface area contributed by atoms with Gasteiger partial charge in [-0.25, -0.2) is 0 Å². The molecule has 0 unspecified atom stereocenters. The summed E-state index contributed by atoms with van der Waals surface area (Å²) >= 11 is 1.94. The fourth-order valence-corrected chi connectivity index (χ4v) is 0.739. The summed E-state index contributed by atoms with van der Waals surface area (Å²) in [6.07, 6.45) is 0. The van der Waals surface area contributed by atoms with E-state index in [1.807, 2.05) is 29.8 Å². The van der Waals surface area contributed by atoms with Crippen LogP contribution in [0.4, 0.5) is 0 Å². The third-order valence-electron chi connectivity index (χ3n) is 1.26. The van der Waals surface area contributed by atoms with Crippen molar-refractivity contribution in [1.82, 2.24) is 0 Å². The van der Waals surface area contributed by atoms with E-state index in [0.29, 0.717) is 5.75 Å². The van der Waals surface area contributed by atoms with Gasteiger partial charge in [0.05, 0.1) is 0 Å². The van der Waals surface area contributed by atoms with Crippen LogP contribution in [0.2, 0.25) is 0 Å². The van der Waals surface area contributed by atoms with Crippen molar-refractivity contribution < 1.29 is 14.7 Å². The van der Waals surface area contributed by atoms with Gasteiger partial charge in [0.2, 0.25) is 0 Å². The average molecular weight is 144 g/mol. The summed E-state index contributed by atoms with van der Waals surface area (Å²) in [6, 6.07) is 7.01. The molecule has 0 aliphatic heterocycles. The molecule has 1 aromatic carbocycles. The van der Waals surface area contributed by atoms with Crippen LogP contribution in [0.3, 0.4) is 0 Å². The van der Waals surface area contributed by atoms with Crippen molar-refractivity contribution in [3.05, 3.63) is 24.3 Å². The molecule has 0 aromatic heterocycles. The summed E-state index contributed by atoms with van der Waals surface area (Å²) in [4.78, 5) is 0. The fraction of sp³-hybridized carbons (Fsp3) is 0. The first-order chi connectivity index (χ1) is 5.18. The van der Waals surface area contributed by atoms with E-state index < -0.39 is 7.32 Å². The molecule has 1 aromatic rings. The molecule has 0 saturated heterocycles. The van der Waals surface area contributed by atoms with Crippen molar-refractivity contribution in [2.45, 2.75) is 0 Å². The van der Waals surface area contributed by atoms with Crippen molar-refractivity contribution in [1.29, 1.82) is 0 Å². The summed E-state index contributed by atoms with van der Waals surface area (Å²) in [5.41, 5.74) is 0. The Morgan fingerprint density at radius 2 is 1.73 bits per heavy atom. The Balaban J connectivity index is 2.66. The van der Waals surface area contributed by atoms with Crippen LogP contribution in [0.15, 0.2) is 24.3 Å². The summed E-state index contributed by atoms with van der Waals surface area (Å²) in [5, 5.41) is 16.8. The molecule has 0 spiro atoms. The molecule has 5 heteroatoms. The summed E-state index contributed by atoms with van der Waals surface area (Å²) in [6.45, 7) is 0. The van der Waals surface area contributed by atoms with Gasteiger partial charge >= 0.3 is 74.0 Å². The fourth-order valence-electron chi connectivity index (χ4n) is 0.739. The monoisotopic (exact) mass is 144 g/mol. The molecule has 0 saturated carbocycles. The molecule has 0 fully saturated rings. The van der Waals surface area contributed by atoms with E-state index in [1.165, 1.54) is 0 Å². The van der Waals surface area contributed by atoms with Crippen molar-refractivity contribution >= 4 is 29.3 Å². The Bertz CT molecular complexity index is 224. The Kier molecular flexibility index (Phi) is 3.04. The topological polar surface area (TPSA) is 49.7 Å². The molecule has 52 valence electrons. The van der Waals surface area contributed by atoms with Gasteiger partial charge < -0.3 is 0 Å². The predicted octanol–water partition coefficient (Wildman–Crippen LogP) is -1.17. The zero-order valence-corrected chi connectivity index (χ0v) is 6.19. The molecule has 0 aliphatic carbocycles. The first kappa shape index (κ1) is 8.70. The Morgan fingerprint density at radius 3 is 2.18 bits per heavy atom. The first-order valence-electron chi connectivity index (χ1n) is 3.28. The molecule has 0 heterocycles. The van der Waals surface area contributed by atoms with Crippen LogP contribution in [-0.4, -0.2) is 35.1 Å². The second kappa shape index (κ2) is 3.84. The molecule has 0 amide bonds. The maximum atomic E-state index is 8.41. The molecular formula is C6H6BLiO3. The Hall–Kier alpha value is -0.398. The van der Waals surface area contributed by atoms with Gasteiger partial charge in [-0.2, -0.15) is 0 Å². The van der Waals surface area contributed by atoms with Crippen LogP contribution in [0.5, 0.6) is 5.75 Å². The van der Waals surface area contributed by atoms with Gasteiger partial charge in [-0.3, -0.25) is 0 Å².